The van der Waals surface area contributed by atoms with Crippen LogP contribution in [0.4, 0.5) is 5.69 Å². The largest absolute Gasteiger partial charge is 0.368 e. The fourth-order valence-electron chi connectivity index (χ4n) is 3.64. The van der Waals surface area contributed by atoms with Crippen LogP contribution >= 0.6 is 0 Å². The Morgan fingerprint density at radius 2 is 1.86 bits per heavy atom. The monoisotopic (exact) mass is 387 g/mol. The molecule has 0 aliphatic carbocycles. The molecule has 29 heavy (non-hydrogen) atoms. The Bertz CT molecular complexity index is 1050. The third-order valence-corrected chi connectivity index (χ3v) is 5.13. The quantitative estimate of drug-likeness (QED) is 0.689. The summed E-state index contributed by atoms with van der Waals surface area (Å²) in [6, 6.07) is 18.2. The zero-order chi connectivity index (χ0) is 20.2. The van der Waals surface area contributed by atoms with Crippen molar-refractivity contribution in [1.82, 2.24) is 20.3 Å². The minimum absolute atomic E-state index is 0.0659. The molecule has 1 aliphatic rings. The van der Waals surface area contributed by atoms with E-state index in [0.717, 1.165) is 38.4 Å². The fourth-order valence-corrected chi connectivity index (χ4v) is 3.64. The minimum Gasteiger partial charge on any atom is -0.368 e. The summed E-state index contributed by atoms with van der Waals surface area (Å²) in [7, 11) is 0. The van der Waals surface area contributed by atoms with Crippen LogP contribution in [-0.4, -0.2) is 52.4 Å². The molecule has 0 spiro atoms. The summed E-state index contributed by atoms with van der Waals surface area (Å²) < 4.78 is 0. The van der Waals surface area contributed by atoms with Gasteiger partial charge in [-0.1, -0.05) is 36.4 Å². The first-order valence-electron chi connectivity index (χ1n) is 9.42. The van der Waals surface area contributed by atoms with Gasteiger partial charge in [-0.3, -0.25) is 9.69 Å². The Labute approximate surface area is 168 Å². The number of carbonyl (C=O) groups is 1. The molecule has 3 N–H and O–H groups in total. The van der Waals surface area contributed by atoms with Crippen LogP contribution in [-0.2, 0) is 6.54 Å². The Kier molecular flexibility index (Phi) is 5.22. The van der Waals surface area contributed by atoms with Gasteiger partial charge in [0.25, 0.3) is 5.91 Å². The van der Waals surface area contributed by atoms with Gasteiger partial charge < -0.3 is 10.6 Å². The van der Waals surface area contributed by atoms with E-state index < -0.39 is 5.91 Å². The first kappa shape index (κ1) is 18.7. The van der Waals surface area contributed by atoms with Gasteiger partial charge in [0.2, 0.25) is 0 Å². The lowest BCUT2D eigenvalue weighted by molar-refractivity contribution is 0.0996. The summed E-state index contributed by atoms with van der Waals surface area (Å²) in [5, 5.41) is 19.9. The highest BCUT2D eigenvalue weighted by Crippen LogP contribution is 2.28. The van der Waals surface area contributed by atoms with E-state index in [-0.39, 0.29) is 5.69 Å². The van der Waals surface area contributed by atoms with Crippen molar-refractivity contribution in [2.24, 2.45) is 5.73 Å². The standard InChI is InChI=1S/C21H21N7O/c22-13-17-12-16(19-20(21(23)29)25-26-24-19)6-7-18(17)28-10-8-27(9-11-28)14-15-4-2-1-3-5-15/h1-7,12H,8-11,14H2,(H2,23,29)(H,24,25,26). The van der Waals surface area contributed by atoms with Crippen molar-refractivity contribution in [3.63, 3.8) is 0 Å². The highest BCUT2D eigenvalue weighted by atomic mass is 16.1. The minimum atomic E-state index is -0.661. The maximum Gasteiger partial charge on any atom is 0.271 e. The molecule has 0 atom stereocenters. The number of hydrogen-bond acceptors (Lipinski definition) is 6. The summed E-state index contributed by atoms with van der Waals surface area (Å²) in [5.74, 6) is -0.661. The SMILES string of the molecule is N#Cc1cc(-c2n[nH]nc2C(N)=O)ccc1N1CCN(Cc2ccccc2)CC1. The predicted molar refractivity (Wildman–Crippen MR) is 109 cm³/mol. The van der Waals surface area contributed by atoms with Crippen molar-refractivity contribution in [2.45, 2.75) is 6.54 Å². The van der Waals surface area contributed by atoms with Crippen LogP contribution in [0.15, 0.2) is 48.5 Å². The van der Waals surface area contributed by atoms with Gasteiger partial charge in [0.05, 0.1) is 11.3 Å². The molecule has 1 fully saturated rings. The summed E-state index contributed by atoms with van der Waals surface area (Å²) in [5.41, 5.74) is 9.13. The molecule has 1 aliphatic heterocycles. The number of nitriles is 1. The van der Waals surface area contributed by atoms with Gasteiger partial charge in [0.15, 0.2) is 5.69 Å². The van der Waals surface area contributed by atoms with Gasteiger partial charge in [-0.25, -0.2) is 0 Å². The second-order valence-electron chi connectivity index (χ2n) is 6.98. The van der Waals surface area contributed by atoms with Crippen molar-refractivity contribution in [3.8, 4) is 17.3 Å². The van der Waals surface area contributed by atoms with Crippen molar-refractivity contribution >= 4 is 11.6 Å². The number of nitrogens with zero attached hydrogens (tertiary/aromatic N) is 5. The molecular formula is C21H21N7O. The highest BCUT2D eigenvalue weighted by molar-refractivity contribution is 5.96. The topological polar surface area (TPSA) is 115 Å². The van der Waals surface area contributed by atoms with Gasteiger partial charge in [0, 0.05) is 38.3 Å². The summed E-state index contributed by atoms with van der Waals surface area (Å²) in [4.78, 5) is 16.1. The number of carbonyl (C=O) groups excluding carboxylic acids is 1. The molecule has 2 aromatic carbocycles. The van der Waals surface area contributed by atoms with Crippen LogP contribution in [0.25, 0.3) is 11.3 Å². The molecule has 146 valence electrons. The Hall–Kier alpha value is -3.70. The Morgan fingerprint density at radius 1 is 1.10 bits per heavy atom. The van der Waals surface area contributed by atoms with Crippen molar-refractivity contribution in [3.05, 3.63) is 65.4 Å². The zero-order valence-corrected chi connectivity index (χ0v) is 15.9. The number of piperazine rings is 1. The second kappa shape index (κ2) is 8.12. The molecule has 8 nitrogen and oxygen atoms in total. The van der Waals surface area contributed by atoms with E-state index in [0.29, 0.717) is 16.8 Å². The maximum absolute atomic E-state index is 11.5. The third kappa shape index (κ3) is 3.95. The van der Waals surface area contributed by atoms with E-state index in [1.807, 2.05) is 18.2 Å². The van der Waals surface area contributed by atoms with Crippen LogP contribution in [0, 0.1) is 11.3 Å². The first-order chi connectivity index (χ1) is 14.2. The number of anilines is 1. The molecule has 0 saturated carbocycles. The number of benzene rings is 2. The molecule has 0 bridgehead atoms. The van der Waals surface area contributed by atoms with Crippen molar-refractivity contribution in [1.29, 1.82) is 5.26 Å². The van der Waals surface area contributed by atoms with Crippen LogP contribution in [0.3, 0.4) is 0 Å². The van der Waals surface area contributed by atoms with E-state index in [1.54, 1.807) is 6.07 Å². The molecule has 8 heteroatoms. The lowest BCUT2D eigenvalue weighted by atomic mass is 10.0. The van der Waals surface area contributed by atoms with Crippen LogP contribution < -0.4 is 10.6 Å². The van der Waals surface area contributed by atoms with Gasteiger partial charge in [-0.15, -0.1) is 0 Å². The lowest BCUT2D eigenvalue weighted by Crippen LogP contribution is -2.46. The van der Waals surface area contributed by atoms with E-state index in [1.165, 1.54) is 5.56 Å². The summed E-state index contributed by atoms with van der Waals surface area (Å²) >= 11 is 0. The van der Waals surface area contributed by atoms with Crippen LogP contribution in [0.5, 0.6) is 0 Å². The fraction of sp³-hybridized carbons (Fsp3) is 0.238. The number of rotatable bonds is 5. The van der Waals surface area contributed by atoms with Crippen LogP contribution in [0.2, 0.25) is 0 Å². The molecule has 1 saturated heterocycles. The van der Waals surface area contributed by atoms with Crippen LogP contribution in [0.1, 0.15) is 21.6 Å². The molecule has 0 radical (unpaired) electrons. The summed E-state index contributed by atoms with van der Waals surface area (Å²) in [6.45, 7) is 4.47. The molecule has 1 aromatic heterocycles. The van der Waals surface area contributed by atoms with E-state index in [9.17, 15) is 10.1 Å². The number of aromatic amines is 1. The third-order valence-electron chi connectivity index (χ3n) is 5.13. The molecular weight excluding hydrogens is 366 g/mol. The number of amides is 1. The summed E-state index contributed by atoms with van der Waals surface area (Å²) in [6.07, 6.45) is 0. The Morgan fingerprint density at radius 3 is 2.55 bits per heavy atom. The van der Waals surface area contributed by atoms with E-state index in [4.69, 9.17) is 5.73 Å². The van der Waals surface area contributed by atoms with Gasteiger partial charge in [-0.05, 0) is 17.7 Å². The number of primary amides is 1. The first-order valence-corrected chi connectivity index (χ1v) is 9.42. The van der Waals surface area contributed by atoms with Crippen molar-refractivity contribution < 1.29 is 4.79 Å². The maximum atomic E-state index is 11.5. The molecule has 1 amide bonds. The average molecular weight is 387 g/mol. The lowest BCUT2D eigenvalue weighted by Gasteiger charge is -2.36. The molecule has 4 rings (SSSR count). The molecule has 3 aromatic rings. The van der Waals surface area contributed by atoms with Crippen molar-refractivity contribution in [2.75, 3.05) is 31.1 Å². The Balaban J connectivity index is 1.49. The number of nitrogens with two attached hydrogens (primary N) is 1. The number of H-pyrrole nitrogens is 1. The second-order valence-corrected chi connectivity index (χ2v) is 6.98. The highest BCUT2D eigenvalue weighted by Gasteiger charge is 2.21. The molecule has 2 heterocycles. The van der Waals surface area contributed by atoms with E-state index in [2.05, 4.69) is 55.5 Å². The van der Waals surface area contributed by atoms with E-state index >= 15 is 0 Å². The molecule has 0 unspecified atom stereocenters. The smallest absolute Gasteiger partial charge is 0.271 e. The normalized spacial score (nSPS) is 14.5. The van der Waals surface area contributed by atoms with Gasteiger partial charge in [-0.2, -0.15) is 20.7 Å². The number of aromatic nitrogens is 3. The number of hydrogen-bond donors (Lipinski definition) is 2. The predicted octanol–water partition coefficient (Wildman–Crippen LogP) is 1.76. The number of nitrogens with one attached hydrogen (secondary N) is 1. The van der Waals surface area contributed by atoms with Gasteiger partial charge in [0.1, 0.15) is 11.8 Å². The van der Waals surface area contributed by atoms with Gasteiger partial charge >= 0.3 is 0 Å². The zero-order valence-electron chi connectivity index (χ0n) is 15.9. The average Bonchev–Trinajstić information content (AvgIpc) is 3.25.